The molecule has 1 aliphatic rings. The molecule has 0 spiro atoms. The molecular formula is C15H22N2O4S. The molecule has 1 amide bonds. The van der Waals surface area contributed by atoms with E-state index in [1.807, 2.05) is 6.92 Å². The first-order chi connectivity index (χ1) is 10.4. The number of carbonyl (C=O) groups is 1. The Labute approximate surface area is 131 Å². The summed E-state index contributed by atoms with van der Waals surface area (Å²) < 4.78 is 32.4. The van der Waals surface area contributed by atoms with Gasteiger partial charge in [-0.1, -0.05) is 6.07 Å². The summed E-state index contributed by atoms with van der Waals surface area (Å²) in [5.41, 5.74) is 0.847. The number of methoxy groups -OCH3 is 1. The van der Waals surface area contributed by atoms with Crippen molar-refractivity contribution in [3.05, 3.63) is 23.8 Å². The number of sulfonamides is 1. The van der Waals surface area contributed by atoms with Crippen molar-refractivity contribution in [2.45, 2.75) is 24.7 Å². The van der Waals surface area contributed by atoms with Crippen molar-refractivity contribution in [1.82, 2.24) is 9.62 Å². The van der Waals surface area contributed by atoms with Gasteiger partial charge in [0.15, 0.2) is 0 Å². The molecule has 1 N–H and O–H groups in total. The van der Waals surface area contributed by atoms with Crippen LogP contribution in [0, 0.1) is 12.8 Å². The maximum absolute atomic E-state index is 12.9. The van der Waals surface area contributed by atoms with E-state index in [9.17, 15) is 13.2 Å². The third-order valence-electron chi connectivity index (χ3n) is 3.94. The number of carbonyl (C=O) groups excluding carboxylic acids is 1. The number of hydrogen-bond acceptors (Lipinski definition) is 4. The van der Waals surface area contributed by atoms with Crippen molar-refractivity contribution in [3.8, 4) is 5.75 Å². The monoisotopic (exact) mass is 326 g/mol. The minimum absolute atomic E-state index is 0.115. The SMILES string of the molecule is CNC(=O)C1CCCN(S(=O)(=O)c2cc(C)ccc2OC)C1. The van der Waals surface area contributed by atoms with Crippen LogP contribution in [-0.4, -0.2) is 45.9 Å². The van der Waals surface area contributed by atoms with Gasteiger partial charge in [0.25, 0.3) is 0 Å². The summed E-state index contributed by atoms with van der Waals surface area (Å²) in [5.74, 6) is -0.0897. The number of piperidine rings is 1. The van der Waals surface area contributed by atoms with Crippen LogP contribution in [-0.2, 0) is 14.8 Å². The van der Waals surface area contributed by atoms with E-state index in [0.29, 0.717) is 25.1 Å². The zero-order valence-corrected chi connectivity index (χ0v) is 13.9. The van der Waals surface area contributed by atoms with Crippen molar-refractivity contribution in [2.24, 2.45) is 5.92 Å². The Bertz CT molecular complexity index is 658. The van der Waals surface area contributed by atoms with E-state index in [4.69, 9.17) is 4.74 Å². The molecule has 0 aromatic heterocycles. The van der Waals surface area contributed by atoms with Gasteiger partial charge < -0.3 is 10.1 Å². The topological polar surface area (TPSA) is 75.7 Å². The number of nitrogens with one attached hydrogen (secondary N) is 1. The molecule has 1 aliphatic heterocycles. The average molecular weight is 326 g/mol. The second-order valence-corrected chi connectivity index (χ2v) is 7.38. The smallest absolute Gasteiger partial charge is 0.246 e. The summed E-state index contributed by atoms with van der Waals surface area (Å²) in [6, 6.07) is 5.07. The number of nitrogens with zero attached hydrogens (tertiary/aromatic N) is 1. The molecule has 7 heteroatoms. The molecular weight excluding hydrogens is 304 g/mol. The lowest BCUT2D eigenvalue weighted by Gasteiger charge is -2.31. The van der Waals surface area contributed by atoms with E-state index < -0.39 is 10.0 Å². The number of rotatable bonds is 4. The minimum atomic E-state index is -3.67. The maximum atomic E-state index is 12.9. The fraction of sp³-hybridized carbons (Fsp3) is 0.533. The largest absolute Gasteiger partial charge is 0.495 e. The molecule has 22 heavy (non-hydrogen) atoms. The molecule has 0 saturated carbocycles. The van der Waals surface area contributed by atoms with E-state index >= 15 is 0 Å². The number of ether oxygens (including phenoxy) is 1. The Morgan fingerprint density at radius 2 is 2.14 bits per heavy atom. The van der Waals surface area contributed by atoms with Crippen LogP contribution < -0.4 is 10.1 Å². The van der Waals surface area contributed by atoms with Crippen LogP contribution in [0.3, 0.4) is 0 Å². The zero-order valence-electron chi connectivity index (χ0n) is 13.1. The van der Waals surface area contributed by atoms with Crippen molar-refractivity contribution in [3.63, 3.8) is 0 Å². The van der Waals surface area contributed by atoms with Gasteiger partial charge in [-0.25, -0.2) is 8.42 Å². The first-order valence-corrected chi connectivity index (χ1v) is 8.70. The fourth-order valence-electron chi connectivity index (χ4n) is 2.70. The van der Waals surface area contributed by atoms with Gasteiger partial charge in [-0.2, -0.15) is 4.31 Å². The Kier molecular flexibility index (Phi) is 5.08. The Morgan fingerprint density at radius 3 is 2.77 bits per heavy atom. The van der Waals surface area contributed by atoms with Gasteiger partial charge in [-0.3, -0.25) is 4.79 Å². The molecule has 0 aliphatic carbocycles. The highest BCUT2D eigenvalue weighted by Crippen LogP contribution is 2.30. The molecule has 1 atom stereocenters. The molecule has 2 rings (SSSR count). The predicted octanol–water partition coefficient (Wildman–Crippen LogP) is 1.15. The van der Waals surface area contributed by atoms with Gasteiger partial charge >= 0.3 is 0 Å². The second-order valence-electron chi connectivity index (χ2n) is 5.47. The Balaban J connectivity index is 2.34. The average Bonchev–Trinajstić information content (AvgIpc) is 2.54. The first-order valence-electron chi connectivity index (χ1n) is 7.26. The number of aryl methyl sites for hydroxylation is 1. The van der Waals surface area contributed by atoms with Gasteiger partial charge in [0, 0.05) is 20.1 Å². The van der Waals surface area contributed by atoms with Gasteiger partial charge in [-0.05, 0) is 37.5 Å². The lowest BCUT2D eigenvalue weighted by Crippen LogP contribution is -2.44. The summed E-state index contributed by atoms with van der Waals surface area (Å²) in [6.45, 7) is 2.47. The van der Waals surface area contributed by atoms with E-state index in [1.165, 1.54) is 11.4 Å². The van der Waals surface area contributed by atoms with Crippen LogP contribution in [0.1, 0.15) is 18.4 Å². The van der Waals surface area contributed by atoms with E-state index in [-0.39, 0.29) is 23.3 Å². The van der Waals surface area contributed by atoms with Crippen molar-refractivity contribution in [2.75, 3.05) is 27.2 Å². The quantitative estimate of drug-likeness (QED) is 0.900. The highest BCUT2D eigenvalue weighted by molar-refractivity contribution is 7.89. The van der Waals surface area contributed by atoms with E-state index in [0.717, 1.165) is 5.56 Å². The molecule has 1 saturated heterocycles. The second kappa shape index (κ2) is 6.66. The molecule has 1 fully saturated rings. The van der Waals surface area contributed by atoms with Gasteiger partial charge in [0.1, 0.15) is 10.6 Å². The van der Waals surface area contributed by atoms with Crippen LogP contribution in [0.4, 0.5) is 0 Å². The fourth-order valence-corrected chi connectivity index (χ4v) is 4.47. The molecule has 1 aromatic rings. The van der Waals surface area contributed by atoms with Crippen molar-refractivity contribution < 1.29 is 17.9 Å². The van der Waals surface area contributed by atoms with Crippen molar-refractivity contribution in [1.29, 1.82) is 0 Å². The maximum Gasteiger partial charge on any atom is 0.246 e. The highest BCUT2D eigenvalue weighted by atomic mass is 32.2. The summed E-state index contributed by atoms with van der Waals surface area (Å²) >= 11 is 0. The minimum Gasteiger partial charge on any atom is -0.495 e. The number of benzene rings is 1. The van der Waals surface area contributed by atoms with Crippen LogP contribution in [0.2, 0.25) is 0 Å². The Morgan fingerprint density at radius 1 is 1.41 bits per heavy atom. The molecule has 1 aromatic carbocycles. The van der Waals surface area contributed by atoms with Crippen molar-refractivity contribution >= 4 is 15.9 Å². The van der Waals surface area contributed by atoms with Gasteiger partial charge in [0.2, 0.25) is 15.9 Å². The first kappa shape index (κ1) is 16.8. The Hall–Kier alpha value is -1.60. The van der Waals surface area contributed by atoms with Gasteiger partial charge in [0.05, 0.1) is 13.0 Å². The molecule has 1 heterocycles. The summed E-state index contributed by atoms with van der Waals surface area (Å²) in [4.78, 5) is 12.0. The molecule has 122 valence electrons. The number of hydrogen-bond donors (Lipinski definition) is 1. The summed E-state index contributed by atoms with van der Waals surface area (Å²) in [5, 5.41) is 2.59. The van der Waals surface area contributed by atoms with E-state index in [1.54, 1.807) is 25.2 Å². The summed E-state index contributed by atoms with van der Waals surface area (Å²) in [7, 11) is -0.653. The van der Waals surface area contributed by atoms with Crippen LogP contribution in [0.25, 0.3) is 0 Å². The standard InChI is InChI=1S/C15H22N2O4S/c1-11-6-7-13(21-3)14(9-11)22(19,20)17-8-4-5-12(10-17)15(18)16-2/h6-7,9,12H,4-5,8,10H2,1-3H3,(H,16,18). The third kappa shape index (κ3) is 3.25. The van der Waals surface area contributed by atoms with Crippen LogP contribution in [0.5, 0.6) is 5.75 Å². The summed E-state index contributed by atoms with van der Waals surface area (Å²) in [6.07, 6.45) is 1.38. The molecule has 0 radical (unpaired) electrons. The van der Waals surface area contributed by atoms with Crippen LogP contribution in [0.15, 0.2) is 23.1 Å². The number of amides is 1. The predicted molar refractivity (Wildman–Crippen MR) is 83.3 cm³/mol. The lowest BCUT2D eigenvalue weighted by molar-refractivity contribution is -0.125. The van der Waals surface area contributed by atoms with Crippen LogP contribution >= 0.6 is 0 Å². The van der Waals surface area contributed by atoms with Gasteiger partial charge in [-0.15, -0.1) is 0 Å². The molecule has 6 nitrogen and oxygen atoms in total. The van der Waals surface area contributed by atoms with E-state index in [2.05, 4.69) is 5.32 Å². The highest BCUT2D eigenvalue weighted by Gasteiger charge is 2.34. The lowest BCUT2D eigenvalue weighted by atomic mass is 9.99. The molecule has 1 unspecified atom stereocenters. The zero-order chi connectivity index (χ0) is 16.3. The third-order valence-corrected chi connectivity index (χ3v) is 5.82. The normalized spacial score (nSPS) is 19.7. The molecule has 0 bridgehead atoms.